The molecule has 1 aromatic heterocycles. The molecule has 1 fully saturated rings. The average Bonchev–Trinajstić information content (AvgIpc) is 3.10. The zero-order chi connectivity index (χ0) is 14.2. The summed E-state index contributed by atoms with van der Waals surface area (Å²) < 4.78 is 14.7. The van der Waals surface area contributed by atoms with Crippen molar-refractivity contribution in [3.63, 3.8) is 0 Å². The van der Waals surface area contributed by atoms with Gasteiger partial charge in [-0.1, -0.05) is 30.5 Å². The van der Waals surface area contributed by atoms with Gasteiger partial charge in [0.15, 0.2) is 0 Å². The van der Waals surface area contributed by atoms with Gasteiger partial charge in [0.2, 0.25) is 5.91 Å². The molecule has 0 bridgehead atoms. The van der Waals surface area contributed by atoms with Gasteiger partial charge < -0.3 is 0 Å². The molecule has 0 amide bonds. The Labute approximate surface area is 121 Å². The van der Waals surface area contributed by atoms with Gasteiger partial charge in [0, 0.05) is 17.4 Å². The van der Waals surface area contributed by atoms with Crippen LogP contribution in [0, 0.1) is 5.82 Å². The molecule has 0 atom stereocenters. The van der Waals surface area contributed by atoms with Crippen LogP contribution in [0.2, 0.25) is 5.02 Å². The van der Waals surface area contributed by atoms with Crippen LogP contribution in [-0.2, 0) is 5.41 Å². The van der Waals surface area contributed by atoms with Crippen molar-refractivity contribution in [3.05, 3.63) is 53.3 Å². The smallest absolute Gasteiger partial charge is 0.242 e. The molecule has 104 valence electrons. The summed E-state index contributed by atoms with van der Waals surface area (Å²) in [6.07, 6.45) is 8.11. The third-order valence-corrected chi connectivity index (χ3v) is 4.36. The molecule has 1 heterocycles. The molecular weight excluding hydrogens is 279 g/mol. The van der Waals surface area contributed by atoms with Gasteiger partial charge in [-0.25, -0.2) is 9.37 Å². The SMILES string of the molecule is O=C(n1ccnc1)C1(c2ccc(F)cc2Cl)CCCC1. The van der Waals surface area contributed by atoms with E-state index in [1.54, 1.807) is 18.5 Å². The van der Waals surface area contributed by atoms with Crippen molar-refractivity contribution < 1.29 is 9.18 Å². The number of halogens is 2. The highest BCUT2D eigenvalue weighted by atomic mass is 35.5. The standard InChI is InChI=1S/C15H14ClFN2O/c16-13-9-11(17)3-4-12(13)15(5-1-2-6-15)14(20)19-8-7-18-10-19/h3-4,7-10H,1-2,5-6H2. The number of aromatic nitrogens is 2. The molecule has 0 aliphatic heterocycles. The molecule has 20 heavy (non-hydrogen) atoms. The monoisotopic (exact) mass is 292 g/mol. The molecule has 0 N–H and O–H groups in total. The van der Waals surface area contributed by atoms with Crippen molar-refractivity contribution in [2.24, 2.45) is 0 Å². The largest absolute Gasteiger partial charge is 0.276 e. The van der Waals surface area contributed by atoms with Gasteiger partial charge in [-0.2, -0.15) is 0 Å². The van der Waals surface area contributed by atoms with E-state index in [-0.39, 0.29) is 11.7 Å². The highest BCUT2D eigenvalue weighted by molar-refractivity contribution is 6.31. The van der Waals surface area contributed by atoms with E-state index in [9.17, 15) is 9.18 Å². The zero-order valence-electron chi connectivity index (χ0n) is 10.9. The maximum atomic E-state index is 13.2. The number of rotatable bonds is 2. The molecule has 2 aromatic rings. The van der Waals surface area contributed by atoms with Gasteiger partial charge in [-0.05, 0) is 30.5 Å². The van der Waals surface area contributed by atoms with Gasteiger partial charge in [-0.15, -0.1) is 0 Å². The van der Waals surface area contributed by atoms with Crippen LogP contribution in [0.3, 0.4) is 0 Å². The Morgan fingerprint density at radius 2 is 2.10 bits per heavy atom. The van der Waals surface area contributed by atoms with Crippen molar-refractivity contribution in [3.8, 4) is 0 Å². The van der Waals surface area contributed by atoms with Crippen LogP contribution in [0.1, 0.15) is 36.0 Å². The fourth-order valence-electron chi connectivity index (χ4n) is 3.08. The minimum Gasteiger partial charge on any atom is -0.276 e. The molecule has 0 unspecified atom stereocenters. The Hall–Kier alpha value is -1.68. The zero-order valence-corrected chi connectivity index (χ0v) is 11.6. The fraction of sp³-hybridized carbons (Fsp3) is 0.333. The Kier molecular flexibility index (Phi) is 3.34. The maximum Gasteiger partial charge on any atom is 0.242 e. The highest BCUT2D eigenvalue weighted by Gasteiger charge is 2.44. The summed E-state index contributed by atoms with van der Waals surface area (Å²) in [4.78, 5) is 16.8. The molecule has 1 aliphatic carbocycles. The normalized spacial score (nSPS) is 17.3. The van der Waals surface area contributed by atoms with Crippen molar-refractivity contribution in [2.75, 3.05) is 0 Å². The number of carbonyl (C=O) groups excluding carboxylic acids is 1. The van der Waals surface area contributed by atoms with Crippen LogP contribution in [0.4, 0.5) is 4.39 Å². The molecule has 3 rings (SSSR count). The highest BCUT2D eigenvalue weighted by Crippen LogP contribution is 2.45. The van der Waals surface area contributed by atoms with Crippen LogP contribution >= 0.6 is 11.6 Å². The van der Waals surface area contributed by atoms with Crippen molar-refractivity contribution in [1.82, 2.24) is 9.55 Å². The number of benzene rings is 1. The molecular formula is C15H14ClFN2O. The lowest BCUT2D eigenvalue weighted by molar-refractivity contribution is 0.0797. The molecule has 0 radical (unpaired) electrons. The summed E-state index contributed by atoms with van der Waals surface area (Å²) >= 11 is 6.19. The van der Waals surface area contributed by atoms with Gasteiger partial charge >= 0.3 is 0 Å². The molecule has 1 saturated carbocycles. The summed E-state index contributed by atoms with van der Waals surface area (Å²) in [7, 11) is 0. The van der Waals surface area contributed by atoms with Crippen molar-refractivity contribution >= 4 is 17.5 Å². The summed E-state index contributed by atoms with van der Waals surface area (Å²) in [6, 6.07) is 4.28. The van der Waals surface area contributed by atoms with Gasteiger partial charge in [-0.3, -0.25) is 9.36 Å². The summed E-state index contributed by atoms with van der Waals surface area (Å²) in [5, 5.41) is 0.320. The summed E-state index contributed by atoms with van der Waals surface area (Å²) in [5.74, 6) is -0.428. The van der Waals surface area contributed by atoms with E-state index in [4.69, 9.17) is 11.6 Å². The van der Waals surface area contributed by atoms with E-state index in [1.807, 2.05) is 0 Å². The number of hydrogen-bond donors (Lipinski definition) is 0. The topological polar surface area (TPSA) is 34.9 Å². The predicted octanol–water partition coefficient (Wildman–Crippen LogP) is 3.83. The number of imidazole rings is 1. The maximum absolute atomic E-state index is 13.2. The molecule has 0 saturated heterocycles. The van der Waals surface area contributed by atoms with Crippen LogP contribution in [-0.4, -0.2) is 15.5 Å². The molecule has 0 spiro atoms. The lowest BCUT2D eigenvalue weighted by atomic mass is 9.78. The second-order valence-electron chi connectivity index (χ2n) is 5.19. The first kappa shape index (κ1) is 13.3. The van der Waals surface area contributed by atoms with E-state index >= 15 is 0 Å². The number of carbonyl (C=O) groups is 1. The Morgan fingerprint density at radius 3 is 2.70 bits per heavy atom. The molecule has 1 aromatic carbocycles. The van der Waals surface area contributed by atoms with E-state index in [1.165, 1.54) is 23.0 Å². The first-order chi connectivity index (χ1) is 9.63. The molecule has 1 aliphatic rings. The lowest BCUT2D eigenvalue weighted by Crippen LogP contribution is -2.37. The van der Waals surface area contributed by atoms with E-state index in [2.05, 4.69) is 4.98 Å². The minimum absolute atomic E-state index is 0.0407. The Bertz CT molecular complexity index is 633. The van der Waals surface area contributed by atoms with Crippen LogP contribution in [0.25, 0.3) is 0 Å². The second kappa shape index (κ2) is 5.02. The summed E-state index contributed by atoms with van der Waals surface area (Å²) in [6.45, 7) is 0. The first-order valence-corrected chi connectivity index (χ1v) is 6.99. The predicted molar refractivity (Wildman–Crippen MR) is 74.4 cm³/mol. The van der Waals surface area contributed by atoms with E-state index in [0.29, 0.717) is 5.02 Å². The second-order valence-corrected chi connectivity index (χ2v) is 5.60. The summed E-state index contributed by atoms with van der Waals surface area (Å²) in [5.41, 5.74) is 0.0580. The average molecular weight is 293 g/mol. The quantitative estimate of drug-likeness (QED) is 0.843. The van der Waals surface area contributed by atoms with Gasteiger partial charge in [0.25, 0.3) is 0 Å². The van der Waals surface area contributed by atoms with Crippen LogP contribution in [0.5, 0.6) is 0 Å². The number of nitrogens with zero attached hydrogens (tertiary/aromatic N) is 2. The molecule has 3 nitrogen and oxygen atoms in total. The van der Waals surface area contributed by atoms with E-state index < -0.39 is 5.41 Å². The van der Waals surface area contributed by atoms with E-state index in [0.717, 1.165) is 31.2 Å². The van der Waals surface area contributed by atoms with Crippen LogP contribution < -0.4 is 0 Å². The minimum atomic E-state index is -0.661. The van der Waals surface area contributed by atoms with Gasteiger partial charge in [0.1, 0.15) is 12.1 Å². The van der Waals surface area contributed by atoms with Gasteiger partial charge in [0.05, 0.1) is 5.41 Å². The number of hydrogen-bond acceptors (Lipinski definition) is 2. The third kappa shape index (κ3) is 2.04. The molecule has 5 heteroatoms. The third-order valence-electron chi connectivity index (χ3n) is 4.05. The Balaban J connectivity index is 2.10. The Morgan fingerprint density at radius 1 is 1.35 bits per heavy atom. The first-order valence-electron chi connectivity index (χ1n) is 6.62. The fourth-order valence-corrected chi connectivity index (χ4v) is 3.43. The van der Waals surface area contributed by atoms with Crippen molar-refractivity contribution in [2.45, 2.75) is 31.1 Å². The lowest BCUT2D eigenvalue weighted by Gasteiger charge is -2.28. The van der Waals surface area contributed by atoms with Crippen molar-refractivity contribution in [1.29, 1.82) is 0 Å². The van der Waals surface area contributed by atoms with Crippen LogP contribution in [0.15, 0.2) is 36.9 Å².